The molecule has 1 fully saturated rings. The highest BCUT2D eigenvalue weighted by molar-refractivity contribution is 5.05. The van der Waals surface area contributed by atoms with Gasteiger partial charge in [0.25, 0.3) is 0 Å². The number of aliphatic hydroxyl groups excluding tert-OH is 1. The molecule has 3 nitrogen and oxygen atoms in total. The molecule has 1 aliphatic carbocycles. The van der Waals surface area contributed by atoms with Crippen LogP contribution >= 0.6 is 0 Å². The standard InChI is InChI=1S/C9H16N2O/c1-9(6-10,7-12)11-8-4-2-3-5-8/h8,11-12H,2-5,7H2,1H3. The lowest BCUT2D eigenvalue weighted by atomic mass is 10.0. The fourth-order valence-corrected chi connectivity index (χ4v) is 1.63. The third kappa shape index (κ3) is 2.20. The summed E-state index contributed by atoms with van der Waals surface area (Å²) in [5.41, 5.74) is -0.741. The molecule has 0 aliphatic heterocycles. The smallest absolute Gasteiger partial charge is 0.127 e. The van der Waals surface area contributed by atoms with Gasteiger partial charge in [-0.05, 0) is 19.8 Å². The molecule has 2 N–H and O–H groups in total. The van der Waals surface area contributed by atoms with Crippen molar-refractivity contribution in [2.45, 2.75) is 44.2 Å². The molecule has 0 heterocycles. The Balaban J connectivity index is 2.42. The summed E-state index contributed by atoms with van der Waals surface area (Å²) in [4.78, 5) is 0. The average molecular weight is 168 g/mol. The van der Waals surface area contributed by atoms with E-state index in [2.05, 4.69) is 11.4 Å². The fourth-order valence-electron chi connectivity index (χ4n) is 1.63. The summed E-state index contributed by atoms with van der Waals surface area (Å²) < 4.78 is 0. The predicted molar refractivity (Wildman–Crippen MR) is 46.5 cm³/mol. The molecule has 0 aromatic rings. The summed E-state index contributed by atoms with van der Waals surface area (Å²) in [6.07, 6.45) is 4.75. The van der Waals surface area contributed by atoms with Crippen LogP contribution in [0.15, 0.2) is 0 Å². The quantitative estimate of drug-likeness (QED) is 0.655. The minimum absolute atomic E-state index is 0.111. The van der Waals surface area contributed by atoms with Crippen LogP contribution in [0.1, 0.15) is 32.6 Å². The summed E-state index contributed by atoms with van der Waals surface area (Å²) in [5.74, 6) is 0. The maximum atomic E-state index is 8.96. The van der Waals surface area contributed by atoms with Gasteiger partial charge in [0.1, 0.15) is 5.54 Å². The predicted octanol–water partition coefficient (Wildman–Crippen LogP) is 0.793. The van der Waals surface area contributed by atoms with Gasteiger partial charge in [0, 0.05) is 6.04 Å². The fraction of sp³-hybridized carbons (Fsp3) is 0.889. The normalized spacial score (nSPS) is 23.4. The molecule has 1 saturated carbocycles. The lowest BCUT2D eigenvalue weighted by Crippen LogP contribution is -2.48. The molecule has 0 aromatic carbocycles. The molecule has 0 amide bonds. The van der Waals surface area contributed by atoms with Gasteiger partial charge in [0.15, 0.2) is 0 Å². The van der Waals surface area contributed by atoms with E-state index in [4.69, 9.17) is 10.4 Å². The van der Waals surface area contributed by atoms with Crippen molar-refractivity contribution in [1.82, 2.24) is 5.32 Å². The Labute approximate surface area is 73.4 Å². The van der Waals surface area contributed by atoms with Crippen LogP contribution < -0.4 is 5.32 Å². The van der Waals surface area contributed by atoms with Crippen LogP contribution in [0.4, 0.5) is 0 Å². The van der Waals surface area contributed by atoms with Crippen molar-refractivity contribution in [3.63, 3.8) is 0 Å². The summed E-state index contributed by atoms with van der Waals surface area (Å²) in [6.45, 7) is 1.63. The molecule has 3 heteroatoms. The van der Waals surface area contributed by atoms with Gasteiger partial charge in [-0.2, -0.15) is 5.26 Å². The van der Waals surface area contributed by atoms with E-state index in [9.17, 15) is 0 Å². The zero-order chi connectivity index (χ0) is 9.03. The molecule has 12 heavy (non-hydrogen) atoms. The average Bonchev–Trinajstić information content (AvgIpc) is 2.57. The van der Waals surface area contributed by atoms with Crippen LogP contribution in [-0.4, -0.2) is 23.3 Å². The molecule has 1 aliphatic rings. The first-order valence-corrected chi connectivity index (χ1v) is 4.50. The SMILES string of the molecule is CC(C#N)(CO)NC1CCCC1. The van der Waals surface area contributed by atoms with Crippen molar-refractivity contribution >= 4 is 0 Å². The highest BCUT2D eigenvalue weighted by atomic mass is 16.3. The third-order valence-electron chi connectivity index (χ3n) is 2.44. The number of hydrogen-bond donors (Lipinski definition) is 2. The minimum atomic E-state index is -0.741. The van der Waals surface area contributed by atoms with Crippen LogP contribution in [-0.2, 0) is 0 Å². The van der Waals surface area contributed by atoms with E-state index in [-0.39, 0.29) is 6.61 Å². The summed E-state index contributed by atoms with van der Waals surface area (Å²) in [7, 11) is 0. The van der Waals surface area contributed by atoms with Crippen LogP contribution in [0, 0.1) is 11.3 Å². The van der Waals surface area contributed by atoms with E-state index in [1.54, 1.807) is 6.92 Å². The second-order valence-corrected chi connectivity index (χ2v) is 3.73. The van der Waals surface area contributed by atoms with E-state index in [1.165, 1.54) is 12.8 Å². The Kier molecular flexibility index (Phi) is 3.07. The van der Waals surface area contributed by atoms with Gasteiger partial charge in [-0.1, -0.05) is 12.8 Å². The number of nitrogens with zero attached hydrogens (tertiary/aromatic N) is 1. The van der Waals surface area contributed by atoms with Gasteiger partial charge >= 0.3 is 0 Å². The van der Waals surface area contributed by atoms with Crippen LogP contribution in [0.25, 0.3) is 0 Å². The Morgan fingerprint density at radius 3 is 2.58 bits per heavy atom. The van der Waals surface area contributed by atoms with E-state index in [0.29, 0.717) is 6.04 Å². The lowest BCUT2D eigenvalue weighted by molar-refractivity contribution is 0.200. The zero-order valence-corrected chi connectivity index (χ0v) is 7.51. The van der Waals surface area contributed by atoms with E-state index >= 15 is 0 Å². The molecular weight excluding hydrogens is 152 g/mol. The zero-order valence-electron chi connectivity index (χ0n) is 7.51. The number of aliphatic hydroxyl groups is 1. The Bertz CT molecular complexity index is 181. The second-order valence-electron chi connectivity index (χ2n) is 3.73. The van der Waals surface area contributed by atoms with Crippen LogP contribution in [0.5, 0.6) is 0 Å². The minimum Gasteiger partial charge on any atom is -0.393 e. The summed E-state index contributed by atoms with van der Waals surface area (Å²) in [6, 6.07) is 2.53. The Morgan fingerprint density at radius 2 is 2.17 bits per heavy atom. The molecule has 0 spiro atoms. The van der Waals surface area contributed by atoms with Gasteiger partial charge in [-0.3, -0.25) is 5.32 Å². The highest BCUT2D eigenvalue weighted by Gasteiger charge is 2.27. The van der Waals surface area contributed by atoms with E-state index in [0.717, 1.165) is 12.8 Å². The maximum absolute atomic E-state index is 8.96. The second kappa shape index (κ2) is 3.88. The van der Waals surface area contributed by atoms with Crippen molar-refractivity contribution < 1.29 is 5.11 Å². The summed E-state index contributed by atoms with van der Waals surface area (Å²) in [5, 5.41) is 20.9. The Morgan fingerprint density at radius 1 is 1.58 bits per heavy atom. The topological polar surface area (TPSA) is 56.0 Å². The van der Waals surface area contributed by atoms with Crippen LogP contribution in [0.3, 0.4) is 0 Å². The number of rotatable bonds is 3. The van der Waals surface area contributed by atoms with Crippen molar-refractivity contribution in [2.75, 3.05) is 6.61 Å². The largest absolute Gasteiger partial charge is 0.393 e. The third-order valence-corrected chi connectivity index (χ3v) is 2.44. The first kappa shape index (κ1) is 9.50. The van der Waals surface area contributed by atoms with Crippen molar-refractivity contribution in [1.29, 1.82) is 5.26 Å². The number of nitrogens with one attached hydrogen (secondary N) is 1. The van der Waals surface area contributed by atoms with E-state index < -0.39 is 5.54 Å². The summed E-state index contributed by atoms with van der Waals surface area (Å²) >= 11 is 0. The highest BCUT2D eigenvalue weighted by Crippen LogP contribution is 2.19. The van der Waals surface area contributed by atoms with Gasteiger partial charge in [-0.25, -0.2) is 0 Å². The first-order chi connectivity index (χ1) is 5.70. The number of hydrogen-bond acceptors (Lipinski definition) is 3. The molecule has 0 radical (unpaired) electrons. The monoisotopic (exact) mass is 168 g/mol. The molecule has 0 bridgehead atoms. The lowest BCUT2D eigenvalue weighted by Gasteiger charge is -2.24. The molecule has 0 aromatic heterocycles. The molecular formula is C9H16N2O. The molecule has 1 atom stereocenters. The van der Waals surface area contributed by atoms with Gasteiger partial charge in [0.05, 0.1) is 12.7 Å². The van der Waals surface area contributed by atoms with Crippen molar-refractivity contribution in [3.05, 3.63) is 0 Å². The van der Waals surface area contributed by atoms with E-state index in [1.807, 2.05) is 0 Å². The van der Waals surface area contributed by atoms with Crippen molar-refractivity contribution in [3.8, 4) is 6.07 Å². The van der Waals surface area contributed by atoms with Crippen molar-refractivity contribution in [2.24, 2.45) is 0 Å². The van der Waals surface area contributed by atoms with Gasteiger partial charge in [-0.15, -0.1) is 0 Å². The molecule has 1 unspecified atom stereocenters. The molecule has 68 valence electrons. The van der Waals surface area contributed by atoms with Crippen LogP contribution in [0.2, 0.25) is 0 Å². The molecule has 1 rings (SSSR count). The van der Waals surface area contributed by atoms with Gasteiger partial charge < -0.3 is 5.11 Å². The number of nitriles is 1. The van der Waals surface area contributed by atoms with Gasteiger partial charge in [0.2, 0.25) is 0 Å². The maximum Gasteiger partial charge on any atom is 0.127 e. The first-order valence-electron chi connectivity index (χ1n) is 4.50. The molecule has 0 saturated heterocycles. The Hall–Kier alpha value is -0.590.